The monoisotopic (exact) mass is 492 g/mol. The van der Waals surface area contributed by atoms with Gasteiger partial charge in [0.25, 0.3) is 0 Å². The van der Waals surface area contributed by atoms with Gasteiger partial charge in [-0.1, -0.05) is 32.9 Å². The molecule has 2 nitrogen and oxygen atoms in total. The minimum absolute atomic E-state index is 0.0509. The number of carboxylic acids is 1. The summed E-state index contributed by atoms with van der Waals surface area (Å²) in [5.41, 5.74) is 3.06. The molecule has 3 rings (SSSR count). The van der Waals surface area contributed by atoms with Crippen molar-refractivity contribution in [2.24, 2.45) is 5.41 Å². The molecule has 0 fully saturated rings. The van der Waals surface area contributed by atoms with E-state index < -0.39 is 17.7 Å². The summed E-state index contributed by atoms with van der Waals surface area (Å²) in [6.45, 7) is 10.4. The number of aryl methyl sites for hydroxylation is 2. The maximum atomic E-state index is 12.9. The maximum Gasteiger partial charge on any atom is 0.416 e. The fourth-order valence-corrected chi connectivity index (χ4v) is 6.55. The lowest BCUT2D eigenvalue weighted by Crippen LogP contribution is -2.09. The lowest BCUT2D eigenvalue weighted by atomic mass is 9.90. The van der Waals surface area contributed by atoms with Crippen LogP contribution in [0.15, 0.2) is 53.4 Å². The van der Waals surface area contributed by atoms with Gasteiger partial charge in [0, 0.05) is 15.0 Å². The molecular weight excluding hydrogens is 465 g/mol. The van der Waals surface area contributed by atoms with E-state index in [9.17, 15) is 23.1 Å². The summed E-state index contributed by atoms with van der Waals surface area (Å²) in [5, 5.41) is 9.41. The van der Waals surface area contributed by atoms with Crippen LogP contribution in [0.3, 0.4) is 0 Å². The van der Waals surface area contributed by atoms with Crippen molar-refractivity contribution in [2.45, 2.75) is 57.4 Å². The zero-order chi connectivity index (χ0) is 24.6. The molecule has 1 N–H and O–H groups in total. The van der Waals surface area contributed by atoms with Gasteiger partial charge in [-0.05, 0) is 84.3 Å². The Morgan fingerprint density at radius 3 is 2.03 bits per heavy atom. The predicted octanol–water partition coefficient (Wildman–Crippen LogP) is 9.02. The van der Waals surface area contributed by atoms with Gasteiger partial charge < -0.3 is 5.11 Å². The number of rotatable bonds is 6. The van der Waals surface area contributed by atoms with E-state index in [0.717, 1.165) is 50.6 Å². The number of aromatic carboxylic acids is 1. The molecule has 1 aromatic heterocycles. The zero-order valence-electron chi connectivity index (χ0n) is 19.2. The second kappa shape index (κ2) is 9.55. The van der Waals surface area contributed by atoms with Gasteiger partial charge in [0.1, 0.15) is 4.88 Å². The predicted molar refractivity (Wildman–Crippen MR) is 130 cm³/mol. The van der Waals surface area contributed by atoms with Gasteiger partial charge in [0.15, 0.2) is 0 Å². The highest BCUT2D eigenvalue weighted by Gasteiger charge is 2.30. The third-order valence-corrected chi connectivity index (χ3v) is 7.79. The average Bonchev–Trinajstić information content (AvgIpc) is 3.16. The fourth-order valence-electron chi connectivity index (χ4n) is 3.83. The molecule has 0 aliphatic heterocycles. The Balaban J connectivity index is 1.92. The smallest absolute Gasteiger partial charge is 0.416 e. The average molecular weight is 493 g/mol. The van der Waals surface area contributed by atoms with Crippen LogP contribution >= 0.6 is 23.1 Å². The molecule has 33 heavy (non-hydrogen) atoms. The van der Waals surface area contributed by atoms with E-state index in [1.54, 1.807) is 17.8 Å². The Bertz CT molecular complexity index is 1120. The standard InChI is InChI=1S/C26H27F3O2S2/c1-15-12-19(13-16(2)23(15)17-6-8-18(9-7-17)26(27,28)29)32-22(14-25(3,4)5)20-10-11-21(33-20)24(30)31/h6-13,22H,14H2,1-5H3,(H,30,31). The first-order valence-corrected chi connectivity index (χ1v) is 12.2. The Labute approximate surface area is 200 Å². The number of benzene rings is 2. The Morgan fingerprint density at radius 1 is 1.00 bits per heavy atom. The van der Waals surface area contributed by atoms with E-state index in [4.69, 9.17) is 0 Å². The highest BCUT2D eigenvalue weighted by Crippen LogP contribution is 2.46. The van der Waals surface area contributed by atoms with Crippen molar-refractivity contribution in [2.75, 3.05) is 0 Å². The summed E-state index contributed by atoms with van der Waals surface area (Å²) in [7, 11) is 0. The summed E-state index contributed by atoms with van der Waals surface area (Å²) in [6.07, 6.45) is -3.48. The third-order valence-electron chi connectivity index (χ3n) is 5.24. The molecule has 0 bridgehead atoms. The van der Waals surface area contributed by atoms with E-state index in [2.05, 4.69) is 32.9 Å². The van der Waals surface area contributed by atoms with Gasteiger partial charge >= 0.3 is 12.1 Å². The number of thiophene rings is 1. The minimum atomic E-state index is -4.35. The number of carboxylic acid groups (broad SMARTS) is 1. The molecule has 176 valence electrons. The number of hydrogen-bond acceptors (Lipinski definition) is 3. The number of carbonyl (C=O) groups is 1. The number of thioether (sulfide) groups is 1. The minimum Gasteiger partial charge on any atom is -0.477 e. The maximum absolute atomic E-state index is 12.9. The van der Waals surface area contributed by atoms with Gasteiger partial charge in [0.2, 0.25) is 0 Å². The Morgan fingerprint density at radius 2 is 1.58 bits per heavy atom. The van der Waals surface area contributed by atoms with Crippen molar-refractivity contribution < 1.29 is 23.1 Å². The van der Waals surface area contributed by atoms with Crippen LogP contribution in [-0.4, -0.2) is 11.1 Å². The summed E-state index contributed by atoms with van der Waals surface area (Å²) < 4.78 is 38.8. The molecule has 0 radical (unpaired) electrons. The lowest BCUT2D eigenvalue weighted by Gasteiger charge is -2.25. The van der Waals surface area contributed by atoms with E-state index in [0.29, 0.717) is 4.88 Å². The van der Waals surface area contributed by atoms with Crippen molar-refractivity contribution in [1.82, 2.24) is 0 Å². The summed E-state index contributed by atoms with van der Waals surface area (Å²) in [4.78, 5) is 13.8. The van der Waals surface area contributed by atoms with Crippen LogP contribution in [0.4, 0.5) is 13.2 Å². The third kappa shape index (κ3) is 6.42. The van der Waals surface area contributed by atoms with Crippen LogP contribution in [0.25, 0.3) is 11.1 Å². The topological polar surface area (TPSA) is 37.3 Å². The molecule has 0 aliphatic carbocycles. The highest BCUT2D eigenvalue weighted by atomic mass is 32.2. The molecule has 3 aromatic rings. The largest absolute Gasteiger partial charge is 0.477 e. The van der Waals surface area contributed by atoms with Crippen LogP contribution in [0.1, 0.15) is 63.7 Å². The quantitative estimate of drug-likeness (QED) is 0.349. The molecule has 0 aliphatic rings. The summed E-state index contributed by atoms with van der Waals surface area (Å²) in [5.74, 6) is -0.918. The second-order valence-electron chi connectivity index (χ2n) is 9.39. The van der Waals surface area contributed by atoms with E-state index >= 15 is 0 Å². The molecular formula is C26H27F3O2S2. The van der Waals surface area contributed by atoms with Crippen LogP contribution in [-0.2, 0) is 6.18 Å². The first kappa shape index (κ1) is 25.4. The lowest BCUT2D eigenvalue weighted by molar-refractivity contribution is -0.137. The molecule has 1 atom stereocenters. The second-order valence-corrected chi connectivity index (χ2v) is 11.8. The molecule has 2 aromatic carbocycles. The molecule has 0 amide bonds. The van der Waals surface area contributed by atoms with Crippen molar-refractivity contribution >= 4 is 29.1 Å². The molecule has 1 heterocycles. The van der Waals surface area contributed by atoms with Crippen molar-refractivity contribution in [1.29, 1.82) is 0 Å². The molecule has 0 saturated carbocycles. The van der Waals surface area contributed by atoms with Crippen LogP contribution in [0.5, 0.6) is 0 Å². The molecule has 0 saturated heterocycles. The van der Waals surface area contributed by atoms with Crippen LogP contribution < -0.4 is 0 Å². The molecule has 0 spiro atoms. The fraction of sp³-hybridized carbons (Fsp3) is 0.346. The van der Waals surface area contributed by atoms with Crippen LogP contribution in [0, 0.1) is 19.3 Å². The number of hydrogen-bond donors (Lipinski definition) is 1. The van der Waals surface area contributed by atoms with Crippen LogP contribution in [0.2, 0.25) is 0 Å². The van der Waals surface area contributed by atoms with Gasteiger partial charge in [-0.3, -0.25) is 0 Å². The van der Waals surface area contributed by atoms with E-state index in [1.807, 2.05) is 19.9 Å². The van der Waals surface area contributed by atoms with E-state index in [1.165, 1.54) is 23.5 Å². The van der Waals surface area contributed by atoms with Crippen molar-refractivity contribution in [3.8, 4) is 11.1 Å². The molecule has 7 heteroatoms. The first-order chi connectivity index (χ1) is 15.2. The van der Waals surface area contributed by atoms with Crippen molar-refractivity contribution in [3.63, 3.8) is 0 Å². The summed E-state index contributed by atoms with van der Waals surface area (Å²) >= 11 is 3.01. The van der Waals surface area contributed by atoms with E-state index in [-0.39, 0.29) is 10.7 Å². The normalized spacial score (nSPS) is 13.2. The summed E-state index contributed by atoms with van der Waals surface area (Å²) in [6, 6.07) is 13.0. The van der Waals surface area contributed by atoms with Crippen molar-refractivity contribution in [3.05, 3.63) is 75.0 Å². The molecule has 1 unspecified atom stereocenters. The number of halogens is 3. The Hall–Kier alpha value is -2.25. The van der Waals surface area contributed by atoms with Gasteiger partial charge in [-0.15, -0.1) is 23.1 Å². The van der Waals surface area contributed by atoms with Gasteiger partial charge in [-0.2, -0.15) is 13.2 Å². The SMILES string of the molecule is Cc1cc(SC(CC(C)(C)C)c2ccc(C(=O)O)s2)cc(C)c1-c1ccc(C(F)(F)F)cc1. The zero-order valence-corrected chi connectivity index (χ0v) is 20.8. The van der Waals surface area contributed by atoms with Gasteiger partial charge in [0.05, 0.1) is 5.56 Å². The first-order valence-electron chi connectivity index (χ1n) is 10.5. The highest BCUT2D eigenvalue weighted by molar-refractivity contribution is 7.99. The Kier molecular flexibility index (Phi) is 7.34. The van der Waals surface area contributed by atoms with Gasteiger partial charge in [-0.25, -0.2) is 4.79 Å². The number of alkyl halides is 3.